The van der Waals surface area contributed by atoms with Crippen LogP contribution in [0.25, 0.3) is 11.5 Å². The Kier molecular flexibility index (Phi) is 4.99. The molecule has 28 heavy (non-hydrogen) atoms. The molecule has 140 valence electrons. The molecule has 2 aromatic carbocycles. The Morgan fingerprint density at radius 2 is 1.71 bits per heavy atom. The van der Waals surface area contributed by atoms with Crippen LogP contribution in [-0.4, -0.2) is 20.3 Å². The van der Waals surface area contributed by atoms with E-state index in [-0.39, 0.29) is 17.9 Å². The average molecular weight is 376 g/mol. The van der Waals surface area contributed by atoms with Gasteiger partial charge in [0.05, 0.1) is 12.8 Å². The Morgan fingerprint density at radius 3 is 2.46 bits per heavy atom. The van der Waals surface area contributed by atoms with Crippen molar-refractivity contribution in [2.24, 2.45) is 0 Å². The smallest absolute Gasteiger partial charge is 0.280 e. The molecule has 0 aliphatic carbocycles. The van der Waals surface area contributed by atoms with Crippen molar-refractivity contribution in [3.8, 4) is 11.5 Å². The van der Waals surface area contributed by atoms with E-state index in [2.05, 4.69) is 10.6 Å². The minimum atomic E-state index is -0.470. The van der Waals surface area contributed by atoms with E-state index < -0.39 is 11.7 Å². The van der Waals surface area contributed by atoms with Crippen molar-refractivity contribution >= 4 is 5.91 Å². The first-order valence-corrected chi connectivity index (χ1v) is 8.66. The van der Waals surface area contributed by atoms with Gasteiger partial charge in [-0.2, -0.15) is 5.10 Å². The van der Waals surface area contributed by atoms with Gasteiger partial charge in [0.1, 0.15) is 17.1 Å². The van der Waals surface area contributed by atoms with E-state index in [1.807, 2.05) is 42.5 Å². The minimum Gasteiger partial charge on any atom is -0.308 e. The number of para-hydroxylation sites is 1. The maximum absolute atomic E-state index is 14.3. The van der Waals surface area contributed by atoms with Crippen molar-refractivity contribution in [1.82, 2.24) is 19.8 Å². The normalized spacial score (nSPS) is 10.8. The SMILES string of the molecule is O=C(NOCc1ccccc1)c1cnn(-c2ccccc2F)c1-n1cccc1. The maximum Gasteiger partial charge on any atom is 0.280 e. The van der Waals surface area contributed by atoms with Crippen LogP contribution in [0.3, 0.4) is 0 Å². The first kappa shape index (κ1) is 17.7. The summed E-state index contributed by atoms with van der Waals surface area (Å²) in [6, 6.07) is 19.4. The molecular weight excluding hydrogens is 359 g/mol. The van der Waals surface area contributed by atoms with E-state index in [9.17, 15) is 9.18 Å². The molecule has 0 bridgehead atoms. The van der Waals surface area contributed by atoms with Crippen molar-refractivity contribution in [2.45, 2.75) is 6.61 Å². The average Bonchev–Trinajstić information content (AvgIpc) is 3.38. The second-order valence-electron chi connectivity index (χ2n) is 6.04. The molecule has 1 amide bonds. The molecule has 0 saturated heterocycles. The van der Waals surface area contributed by atoms with E-state index in [0.717, 1.165) is 5.56 Å². The van der Waals surface area contributed by atoms with Crippen LogP contribution in [-0.2, 0) is 11.4 Å². The molecule has 0 spiro atoms. The van der Waals surface area contributed by atoms with Crippen LogP contribution >= 0.6 is 0 Å². The number of benzene rings is 2. The highest BCUT2D eigenvalue weighted by Crippen LogP contribution is 2.21. The predicted molar refractivity (Wildman–Crippen MR) is 102 cm³/mol. The summed E-state index contributed by atoms with van der Waals surface area (Å²) in [6.07, 6.45) is 4.91. The molecule has 0 atom stereocenters. The Balaban J connectivity index is 1.62. The number of hydroxylamine groups is 1. The highest BCUT2D eigenvalue weighted by Gasteiger charge is 2.21. The van der Waals surface area contributed by atoms with Gasteiger partial charge in [-0.1, -0.05) is 42.5 Å². The van der Waals surface area contributed by atoms with E-state index in [1.165, 1.54) is 16.9 Å². The Morgan fingerprint density at radius 1 is 1.00 bits per heavy atom. The highest BCUT2D eigenvalue weighted by molar-refractivity contribution is 5.96. The first-order chi connectivity index (χ1) is 13.7. The number of rotatable bonds is 6. The fraction of sp³-hybridized carbons (Fsp3) is 0.0476. The molecule has 2 heterocycles. The zero-order chi connectivity index (χ0) is 19.3. The third kappa shape index (κ3) is 3.56. The number of nitrogens with zero attached hydrogens (tertiary/aromatic N) is 3. The van der Waals surface area contributed by atoms with Crippen LogP contribution in [0, 0.1) is 5.82 Å². The quantitative estimate of drug-likeness (QED) is 0.523. The molecule has 0 aliphatic heterocycles. The van der Waals surface area contributed by atoms with Crippen molar-refractivity contribution < 1.29 is 14.0 Å². The standard InChI is InChI=1S/C21H17FN4O2/c22-18-10-4-5-11-19(18)26-21(25-12-6-7-13-25)17(14-23-26)20(27)24-28-15-16-8-2-1-3-9-16/h1-14H,15H2,(H,24,27). The fourth-order valence-corrected chi connectivity index (χ4v) is 2.84. The van der Waals surface area contributed by atoms with Crippen LogP contribution in [0.2, 0.25) is 0 Å². The summed E-state index contributed by atoms with van der Waals surface area (Å²) in [6.45, 7) is 0.229. The zero-order valence-electron chi connectivity index (χ0n) is 14.8. The number of hydrogen-bond acceptors (Lipinski definition) is 3. The summed E-state index contributed by atoms with van der Waals surface area (Å²) >= 11 is 0. The summed E-state index contributed by atoms with van der Waals surface area (Å²) in [4.78, 5) is 18.0. The van der Waals surface area contributed by atoms with Gasteiger partial charge in [0.25, 0.3) is 5.91 Å². The molecule has 6 nitrogen and oxygen atoms in total. The number of amides is 1. The third-order valence-electron chi connectivity index (χ3n) is 4.16. The van der Waals surface area contributed by atoms with Crippen molar-refractivity contribution in [1.29, 1.82) is 0 Å². The maximum atomic E-state index is 14.3. The van der Waals surface area contributed by atoms with Crippen LogP contribution in [0.1, 0.15) is 15.9 Å². The van der Waals surface area contributed by atoms with E-state index in [4.69, 9.17) is 4.84 Å². The number of carbonyl (C=O) groups is 1. The molecule has 2 aromatic heterocycles. The molecule has 0 aliphatic rings. The van der Waals surface area contributed by atoms with Crippen molar-refractivity contribution in [3.63, 3.8) is 0 Å². The lowest BCUT2D eigenvalue weighted by Gasteiger charge is -2.12. The van der Waals surface area contributed by atoms with Gasteiger partial charge in [-0.25, -0.2) is 14.6 Å². The number of carbonyl (C=O) groups excluding carboxylic acids is 1. The Hall–Kier alpha value is -3.71. The van der Waals surface area contributed by atoms with Gasteiger partial charge in [-0.15, -0.1) is 0 Å². The summed E-state index contributed by atoms with van der Waals surface area (Å²) in [5.41, 5.74) is 3.86. The van der Waals surface area contributed by atoms with Crippen LogP contribution in [0.5, 0.6) is 0 Å². The molecule has 4 aromatic rings. The molecule has 0 unspecified atom stereocenters. The Bertz CT molecular complexity index is 1080. The largest absolute Gasteiger partial charge is 0.308 e. The topological polar surface area (TPSA) is 61.1 Å². The first-order valence-electron chi connectivity index (χ1n) is 8.66. The summed E-state index contributed by atoms with van der Waals surface area (Å²) in [5.74, 6) is -0.496. The lowest BCUT2D eigenvalue weighted by atomic mass is 10.2. The molecule has 4 rings (SSSR count). The highest BCUT2D eigenvalue weighted by atomic mass is 19.1. The molecule has 7 heteroatoms. The molecular formula is C21H17FN4O2. The second kappa shape index (κ2) is 7.89. The molecule has 1 N–H and O–H groups in total. The van der Waals surface area contributed by atoms with E-state index in [0.29, 0.717) is 5.82 Å². The fourth-order valence-electron chi connectivity index (χ4n) is 2.84. The van der Waals surface area contributed by atoms with Gasteiger partial charge >= 0.3 is 0 Å². The second-order valence-corrected chi connectivity index (χ2v) is 6.04. The zero-order valence-corrected chi connectivity index (χ0v) is 14.8. The van der Waals surface area contributed by atoms with Gasteiger partial charge in [0, 0.05) is 12.4 Å². The van der Waals surface area contributed by atoms with E-state index in [1.54, 1.807) is 35.2 Å². The number of hydrogen-bond donors (Lipinski definition) is 1. The summed E-state index contributed by atoms with van der Waals surface area (Å²) < 4.78 is 17.4. The molecule has 0 fully saturated rings. The Labute approximate surface area is 160 Å². The lowest BCUT2D eigenvalue weighted by Crippen LogP contribution is -2.24. The number of nitrogens with one attached hydrogen (secondary N) is 1. The number of halogens is 1. The van der Waals surface area contributed by atoms with Gasteiger partial charge in [0.15, 0.2) is 5.82 Å². The van der Waals surface area contributed by atoms with Crippen molar-refractivity contribution in [3.05, 3.63) is 102 Å². The number of aromatic nitrogens is 3. The molecule has 0 radical (unpaired) electrons. The monoisotopic (exact) mass is 376 g/mol. The summed E-state index contributed by atoms with van der Waals surface area (Å²) in [5, 5.41) is 4.23. The summed E-state index contributed by atoms with van der Waals surface area (Å²) in [7, 11) is 0. The van der Waals surface area contributed by atoms with Crippen LogP contribution < -0.4 is 5.48 Å². The third-order valence-corrected chi connectivity index (χ3v) is 4.16. The van der Waals surface area contributed by atoms with Crippen LogP contribution in [0.4, 0.5) is 4.39 Å². The van der Waals surface area contributed by atoms with Gasteiger partial charge in [0.2, 0.25) is 0 Å². The lowest BCUT2D eigenvalue weighted by molar-refractivity contribution is 0.0233. The van der Waals surface area contributed by atoms with Crippen molar-refractivity contribution in [2.75, 3.05) is 0 Å². The van der Waals surface area contributed by atoms with Gasteiger partial charge in [-0.05, 0) is 29.8 Å². The minimum absolute atomic E-state index is 0.229. The van der Waals surface area contributed by atoms with Gasteiger partial charge in [-0.3, -0.25) is 9.63 Å². The van der Waals surface area contributed by atoms with Gasteiger partial charge < -0.3 is 4.57 Å². The predicted octanol–water partition coefficient (Wildman–Crippen LogP) is 3.66. The molecule has 0 saturated carbocycles. The van der Waals surface area contributed by atoms with E-state index >= 15 is 0 Å². The van der Waals surface area contributed by atoms with Crippen LogP contribution in [0.15, 0.2) is 85.3 Å².